The molecule has 3 aromatic rings. The maximum atomic E-state index is 12.1. The van der Waals surface area contributed by atoms with Gasteiger partial charge in [0.05, 0.1) is 17.1 Å². The fraction of sp³-hybridized carbons (Fsp3) is 0.414. The fourth-order valence-corrected chi connectivity index (χ4v) is 5.28. The van der Waals surface area contributed by atoms with E-state index < -0.39 is 42.4 Å². The number of carbonyl (C=O) groups is 3. The molecular formula is C29H32ClNO7. The van der Waals surface area contributed by atoms with Gasteiger partial charge in [-0.2, -0.15) is 0 Å². The second-order valence-corrected chi connectivity index (χ2v) is 9.87. The van der Waals surface area contributed by atoms with Crippen LogP contribution >= 0.6 is 11.6 Å². The van der Waals surface area contributed by atoms with E-state index >= 15 is 0 Å². The number of hydrogen-bond donors (Lipinski definition) is 0. The summed E-state index contributed by atoms with van der Waals surface area (Å²) in [5, 5.41) is 1.43. The Kier molecular flexibility index (Phi) is 8.74. The smallest absolute Gasteiger partial charge is 0.303 e. The average molecular weight is 542 g/mol. The van der Waals surface area contributed by atoms with Crippen molar-refractivity contribution in [1.29, 1.82) is 0 Å². The zero-order valence-corrected chi connectivity index (χ0v) is 22.7. The van der Waals surface area contributed by atoms with Gasteiger partial charge >= 0.3 is 17.9 Å². The first kappa shape index (κ1) is 27.7. The second kappa shape index (κ2) is 12.0. The molecule has 0 N–H and O–H groups in total. The molecule has 2 aromatic carbocycles. The van der Waals surface area contributed by atoms with Gasteiger partial charge in [-0.05, 0) is 41.7 Å². The van der Waals surface area contributed by atoms with E-state index in [4.69, 9.17) is 30.5 Å². The highest BCUT2D eigenvalue weighted by atomic mass is 35.5. The molecule has 0 unspecified atom stereocenters. The Morgan fingerprint density at radius 1 is 0.921 bits per heavy atom. The molecular weight excluding hydrogens is 510 g/mol. The van der Waals surface area contributed by atoms with E-state index in [0.717, 1.165) is 34.9 Å². The highest BCUT2D eigenvalue weighted by Gasteiger charge is 2.48. The van der Waals surface area contributed by atoms with E-state index in [0.29, 0.717) is 11.4 Å². The van der Waals surface area contributed by atoms with Gasteiger partial charge in [0, 0.05) is 32.4 Å². The highest BCUT2D eigenvalue weighted by Crippen LogP contribution is 2.37. The van der Waals surface area contributed by atoms with Gasteiger partial charge in [0.25, 0.3) is 0 Å². The number of halogens is 1. The van der Waals surface area contributed by atoms with Gasteiger partial charge in [-0.1, -0.05) is 55.3 Å². The van der Waals surface area contributed by atoms with Crippen molar-refractivity contribution in [3.63, 3.8) is 0 Å². The highest BCUT2D eigenvalue weighted by molar-refractivity contribution is 6.35. The van der Waals surface area contributed by atoms with Crippen LogP contribution in [-0.4, -0.2) is 47.4 Å². The molecule has 4 atom stereocenters. The van der Waals surface area contributed by atoms with Crippen molar-refractivity contribution in [2.45, 2.75) is 71.5 Å². The van der Waals surface area contributed by atoms with Crippen LogP contribution in [0.3, 0.4) is 0 Å². The van der Waals surface area contributed by atoms with Gasteiger partial charge in [-0.3, -0.25) is 14.4 Å². The summed E-state index contributed by atoms with van der Waals surface area (Å²) in [6.07, 6.45) is 0.707. The van der Waals surface area contributed by atoms with Crippen LogP contribution in [0.15, 0.2) is 48.7 Å². The van der Waals surface area contributed by atoms with E-state index in [1.165, 1.54) is 26.3 Å². The van der Waals surface area contributed by atoms with Crippen molar-refractivity contribution in [2.24, 2.45) is 0 Å². The molecule has 0 saturated carbocycles. The van der Waals surface area contributed by atoms with E-state index in [2.05, 4.69) is 31.2 Å². The van der Waals surface area contributed by atoms with Crippen LogP contribution in [0.25, 0.3) is 10.9 Å². The number of fused-ring (bicyclic) bond motifs is 1. The summed E-state index contributed by atoms with van der Waals surface area (Å²) in [5.74, 6) is -1.76. The third-order valence-electron chi connectivity index (χ3n) is 6.44. The summed E-state index contributed by atoms with van der Waals surface area (Å²) in [6, 6.07) is 14.1. The summed E-state index contributed by atoms with van der Waals surface area (Å²) < 4.78 is 24.5. The average Bonchev–Trinajstić information content (AvgIpc) is 3.21. The molecule has 38 heavy (non-hydrogen) atoms. The van der Waals surface area contributed by atoms with Crippen LogP contribution in [0, 0.1) is 0 Å². The molecule has 1 saturated heterocycles. The minimum Gasteiger partial charge on any atom is -0.456 e. The van der Waals surface area contributed by atoms with Gasteiger partial charge in [-0.15, -0.1) is 0 Å². The summed E-state index contributed by atoms with van der Waals surface area (Å²) in [5.41, 5.74) is 4.14. The monoisotopic (exact) mass is 541 g/mol. The molecule has 0 spiro atoms. The Labute approximate surface area is 226 Å². The molecule has 1 aromatic heterocycles. The van der Waals surface area contributed by atoms with Gasteiger partial charge in [0.1, 0.15) is 0 Å². The Balaban J connectivity index is 1.76. The van der Waals surface area contributed by atoms with Gasteiger partial charge < -0.3 is 23.5 Å². The van der Waals surface area contributed by atoms with Crippen LogP contribution < -0.4 is 0 Å². The van der Waals surface area contributed by atoms with Crippen LogP contribution in [0.5, 0.6) is 0 Å². The molecule has 1 fully saturated rings. The Bertz CT molecular complexity index is 1320. The van der Waals surface area contributed by atoms with Gasteiger partial charge in [0.2, 0.25) is 0 Å². The third kappa shape index (κ3) is 6.19. The van der Waals surface area contributed by atoms with Crippen LogP contribution in [0.2, 0.25) is 5.02 Å². The lowest BCUT2D eigenvalue weighted by atomic mass is 10.0. The molecule has 202 valence electrons. The quantitative estimate of drug-likeness (QED) is 0.287. The lowest BCUT2D eigenvalue weighted by Crippen LogP contribution is -2.55. The van der Waals surface area contributed by atoms with Crippen LogP contribution in [0.1, 0.15) is 57.0 Å². The number of aryl methyl sites for hydroxylation is 1. The first-order valence-corrected chi connectivity index (χ1v) is 13.0. The number of nitrogens with zero attached hydrogens (tertiary/aromatic N) is 1. The SMILES string of the molecule is CCCc1ccc(Cc2cn([C@@H]3OC[C@@H](OC(C)=O)[C@H](OC(C)=O)[C@H]3OC(C)=O)c3cccc(Cl)c23)cc1. The summed E-state index contributed by atoms with van der Waals surface area (Å²) in [7, 11) is 0. The molecule has 9 heteroatoms. The van der Waals surface area contributed by atoms with E-state index in [9.17, 15) is 14.4 Å². The maximum Gasteiger partial charge on any atom is 0.303 e. The number of hydrogen-bond acceptors (Lipinski definition) is 7. The number of carbonyl (C=O) groups excluding carboxylic acids is 3. The molecule has 1 aliphatic heterocycles. The number of esters is 3. The topological polar surface area (TPSA) is 93.1 Å². The number of benzene rings is 2. The lowest BCUT2D eigenvalue weighted by Gasteiger charge is -2.41. The van der Waals surface area contributed by atoms with Gasteiger partial charge in [0.15, 0.2) is 24.5 Å². The van der Waals surface area contributed by atoms with Crippen molar-refractivity contribution >= 4 is 40.4 Å². The number of aromatic nitrogens is 1. The molecule has 0 amide bonds. The predicted molar refractivity (Wildman–Crippen MR) is 142 cm³/mol. The number of rotatable bonds is 8. The first-order chi connectivity index (χ1) is 18.2. The van der Waals surface area contributed by atoms with Crippen molar-refractivity contribution in [3.05, 3.63) is 70.4 Å². The third-order valence-corrected chi connectivity index (χ3v) is 6.76. The fourth-order valence-electron chi connectivity index (χ4n) is 4.99. The second-order valence-electron chi connectivity index (χ2n) is 9.46. The maximum absolute atomic E-state index is 12.1. The normalized spacial score (nSPS) is 21.2. The minimum atomic E-state index is -1.08. The Morgan fingerprint density at radius 2 is 1.55 bits per heavy atom. The molecule has 1 aliphatic rings. The largest absolute Gasteiger partial charge is 0.456 e. The molecule has 2 heterocycles. The Morgan fingerprint density at radius 3 is 2.18 bits per heavy atom. The standard InChI is InChI=1S/C29H32ClNO7/c1-5-7-20-10-12-21(13-11-20)14-22-15-31(24-9-6-8-23(30)26(22)24)29-28(38-19(4)34)27(37-18(3)33)25(16-35-29)36-17(2)32/h6,8-13,15,25,27-29H,5,7,14,16H2,1-4H3/t25-,27+,28-,29-/m1/s1. The van der Waals surface area contributed by atoms with Gasteiger partial charge in [-0.25, -0.2) is 0 Å². The predicted octanol–water partition coefficient (Wildman–Crippen LogP) is 5.16. The van der Waals surface area contributed by atoms with Crippen molar-refractivity contribution in [1.82, 2.24) is 4.57 Å². The molecule has 8 nitrogen and oxygen atoms in total. The summed E-state index contributed by atoms with van der Waals surface area (Å²) in [4.78, 5) is 35.8. The number of ether oxygens (including phenoxy) is 4. The lowest BCUT2D eigenvalue weighted by molar-refractivity contribution is -0.239. The summed E-state index contributed by atoms with van der Waals surface area (Å²) in [6.45, 7) is 5.85. The summed E-state index contributed by atoms with van der Waals surface area (Å²) >= 11 is 6.68. The van der Waals surface area contributed by atoms with Crippen LogP contribution in [-0.2, 0) is 46.2 Å². The van der Waals surface area contributed by atoms with E-state index in [1.807, 2.05) is 29.0 Å². The molecule has 4 rings (SSSR count). The molecule has 0 radical (unpaired) electrons. The van der Waals surface area contributed by atoms with E-state index in [1.54, 1.807) is 0 Å². The molecule has 0 bridgehead atoms. The zero-order chi connectivity index (χ0) is 27.4. The Hall–Kier alpha value is -3.36. The van der Waals surface area contributed by atoms with Crippen molar-refractivity contribution in [2.75, 3.05) is 6.61 Å². The first-order valence-electron chi connectivity index (χ1n) is 12.7. The van der Waals surface area contributed by atoms with Crippen molar-refractivity contribution < 1.29 is 33.3 Å². The zero-order valence-electron chi connectivity index (χ0n) is 21.9. The minimum absolute atomic E-state index is 0.0611. The molecule has 0 aliphatic carbocycles. The van der Waals surface area contributed by atoms with Crippen LogP contribution in [0.4, 0.5) is 0 Å². The van der Waals surface area contributed by atoms with E-state index in [-0.39, 0.29) is 6.61 Å². The van der Waals surface area contributed by atoms with Crippen molar-refractivity contribution in [3.8, 4) is 0 Å².